The molecule has 0 aliphatic rings. The van der Waals surface area contributed by atoms with Crippen LogP contribution in [-0.4, -0.2) is 48.3 Å². The molecule has 0 unspecified atom stereocenters. The normalized spacial score (nSPS) is 12.8. The van der Waals surface area contributed by atoms with Crippen LogP contribution in [0.3, 0.4) is 0 Å². The third kappa shape index (κ3) is 4.63. The first-order chi connectivity index (χ1) is 9.36. The van der Waals surface area contributed by atoms with E-state index >= 15 is 0 Å². The maximum absolute atomic E-state index is 11.8. The lowest BCUT2D eigenvalue weighted by atomic mass is 10.2. The minimum absolute atomic E-state index is 0.178. The summed E-state index contributed by atoms with van der Waals surface area (Å²) in [4.78, 5) is 22.0. The van der Waals surface area contributed by atoms with Gasteiger partial charge in [0, 0.05) is 12.6 Å². The fraction of sp³-hybridized carbons (Fsp3) is 0.500. The van der Waals surface area contributed by atoms with Crippen LogP contribution in [0.15, 0.2) is 17.3 Å². The number of sulfonamides is 1. The molecule has 1 aromatic heterocycles. The van der Waals surface area contributed by atoms with Crippen LogP contribution in [0.5, 0.6) is 0 Å². The molecular weight excluding hydrogens is 290 g/mol. The van der Waals surface area contributed by atoms with Gasteiger partial charge in [0.2, 0.25) is 10.0 Å². The highest BCUT2D eigenvalue weighted by Gasteiger charge is 2.26. The van der Waals surface area contributed by atoms with E-state index in [1.807, 2.05) is 4.72 Å². The van der Waals surface area contributed by atoms with Crippen LogP contribution < -0.4 is 4.72 Å². The first-order valence-electron chi connectivity index (χ1n) is 5.76. The second kappa shape index (κ2) is 7.01. The van der Waals surface area contributed by atoms with Gasteiger partial charge in [0.15, 0.2) is 0 Å². The van der Waals surface area contributed by atoms with Gasteiger partial charge < -0.3 is 9.84 Å². The molecule has 0 saturated heterocycles. The zero-order chi connectivity index (χ0) is 15.2. The third-order valence-corrected chi connectivity index (χ3v) is 3.76. The van der Waals surface area contributed by atoms with Gasteiger partial charge in [-0.3, -0.25) is 14.7 Å². The van der Waals surface area contributed by atoms with Crippen molar-refractivity contribution in [2.24, 2.45) is 0 Å². The summed E-state index contributed by atoms with van der Waals surface area (Å²) in [7, 11) is -4.00. The highest BCUT2D eigenvalue weighted by Crippen LogP contribution is 2.08. The Morgan fingerprint density at radius 2 is 2.25 bits per heavy atom. The molecule has 9 nitrogen and oxygen atoms in total. The average molecular weight is 305 g/mol. The molecule has 0 aliphatic heterocycles. The monoisotopic (exact) mass is 305 g/mol. The molecule has 0 aliphatic carbocycles. The molecule has 10 heteroatoms. The Morgan fingerprint density at radius 1 is 1.55 bits per heavy atom. The Bertz CT molecular complexity index is 554. The molecule has 20 heavy (non-hydrogen) atoms. The number of esters is 1. The van der Waals surface area contributed by atoms with Crippen molar-refractivity contribution in [3.05, 3.63) is 12.4 Å². The van der Waals surface area contributed by atoms with Crippen LogP contribution in [0, 0.1) is 0 Å². The number of rotatable bonds is 8. The van der Waals surface area contributed by atoms with Crippen LogP contribution in [0.2, 0.25) is 0 Å². The van der Waals surface area contributed by atoms with Crippen molar-refractivity contribution < 1.29 is 27.9 Å². The zero-order valence-corrected chi connectivity index (χ0v) is 11.5. The van der Waals surface area contributed by atoms with Gasteiger partial charge in [-0.2, -0.15) is 9.82 Å². The molecule has 0 bridgehead atoms. The number of nitrogens with zero attached hydrogens (tertiary/aromatic N) is 1. The molecule has 0 saturated carbocycles. The summed E-state index contributed by atoms with van der Waals surface area (Å²) in [5, 5.41) is 14.8. The Kier molecular flexibility index (Phi) is 5.65. The maximum atomic E-state index is 11.8. The van der Waals surface area contributed by atoms with Gasteiger partial charge in [-0.15, -0.1) is 0 Å². The predicted molar refractivity (Wildman–Crippen MR) is 66.2 cm³/mol. The number of H-pyrrole nitrogens is 1. The number of aromatic nitrogens is 2. The summed E-state index contributed by atoms with van der Waals surface area (Å²) in [5.74, 6) is -1.96. The predicted octanol–water partition coefficient (Wildman–Crippen LogP) is -0.515. The summed E-state index contributed by atoms with van der Waals surface area (Å²) in [5.41, 5.74) is 0. The summed E-state index contributed by atoms with van der Waals surface area (Å²) >= 11 is 0. The SMILES string of the molecule is CCOC(=O)CC[C@H](NS(=O)(=O)c1cn[nH]c1)C(=O)O. The molecule has 1 aromatic rings. The number of aromatic amines is 1. The van der Waals surface area contributed by atoms with E-state index in [0.717, 1.165) is 12.4 Å². The minimum atomic E-state index is -4.00. The zero-order valence-electron chi connectivity index (χ0n) is 10.7. The number of carbonyl (C=O) groups is 2. The number of carbonyl (C=O) groups excluding carboxylic acids is 1. The number of ether oxygens (including phenoxy) is 1. The van der Waals surface area contributed by atoms with Gasteiger partial charge in [-0.25, -0.2) is 8.42 Å². The van der Waals surface area contributed by atoms with Crippen LogP contribution >= 0.6 is 0 Å². The number of hydrogen-bond donors (Lipinski definition) is 3. The second-order valence-corrected chi connectivity index (χ2v) is 5.50. The number of carboxylic acid groups (broad SMARTS) is 1. The van der Waals surface area contributed by atoms with E-state index < -0.39 is 28.0 Å². The van der Waals surface area contributed by atoms with Crippen molar-refractivity contribution in [2.75, 3.05) is 6.61 Å². The fourth-order valence-electron chi connectivity index (χ4n) is 1.37. The van der Waals surface area contributed by atoms with Crippen molar-refractivity contribution in [3.8, 4) is 0 Å². The van der Waals surface area contributed by atoms with E-state index in [9.17, 15) is 18.0 Å². The average Bonchev–Trinajstić information content (AvgIpc) is 2.89. The van der Waals surface area contributed by atoms with Gasteiger partial charge in [-0.1, -0.05) is 0 Å². The van der Waals surface area contributed by atoms with Crippen LogP contribution in [0.25, 0.3) is 0 Å². The highest BCUT2D eigenvalue weighted by atomic mass is 32.2. The largest absolute Gasteiger partial charge is 0.480 e. The molecule has 0 fully saturated rings. The summed E-state index contributed by atoms with van der Waals surface area (Å²) in [6, 6.07) is -1.42. The van der Waals surface area contributed by atoms with Crippen molar-refractivity contribution >= 4 is 22.0 Å². The van der Waals surface area contributed by atoms with E-state index in [0.29, 0.717) is 0 Å². The molecule has 0 aromatic carbocycles. The lowest BCUT2D eigenvalue weighted by Gasteiger charge is -2.13. The topological polar surface area (TPSA) is 138 Å². The smallest absolute Gasteiger partial charge is 0.321 e. The van der Waals surface area contributed by atoms with E-state index in [1.165, 1.54) is 0 Å². The van der Waals surface area contributed by atoms with Crippen molar-refractivity contribution in [2.45, 2.75) is 30.7 Å². The molecule has 0 amide bonds. The van der Waals surface area contributed by atoms with E-state index in [1.54, 1.807) is 6.92 Å². The Hall–Kier alpha value is -1.94. The number of nitrogens with one attached hydrogen (secondary N) is 2. The number of aliphatic carboxylic acids is 1. The molecule has 112 valence electrons. The molecule has 0 radical (unpaired) electrons. The molecule has 1 heterocycles. The van der Waals surface area contributed by atoms with E-state index in [4.69, 9.17) is 5.11 Å². The molecule has 1 rings (SSSR count). The summed E-state index contributed by atoms with van der Waals surface area (Å²) in [6.07, 6.45) is 1.77. The van der Waals surface area contributed by atoms with E-state index in [2.05, 4.69) is 14.9 Å². The quantitative estimate of drug-likeness (QED) is 0.549. The maximum Gasteiger partial charge on any atom is 0.321 e. The van der Waals surface area contributed by atoms with Crippen molar-refractivity contribution in [1.82, 2.24) is 14.9 Å². The Balaban J connectivity index is 2.69. The first kappa shape index (κ1) is 16.1. The van der Waals surface area contributed by atoms with Gasteiger partial charge in [0.1, 0.15) is 10.9 Å². The summed E-state index contributed by atoms with van der Waals surface area (Å²) in [6.45, 7) is 1.80. The lowest BCUT2D eigenvalue weighted by Crippen LogP contribution is -2.41. The molecule has 3 N–H and O–H groups in total. The molecular formula is C10H15N3O6S. The fourth-order valence-corrected chi connectivity index (χ4v) is 2.50. The standard InChI is InChI=1S/C10H15N3O6S/c1-2-19-9(14)4-3-8(10(15)16)13-20(17,18)7-5-11-12-6-7/h5-6,8,13H,2-4H2,1H3,(H,11,12)(H,15,16)/t8-/m0/s1. The van der Waals surface area contributed by atoms with Crippen molar-refractivity contribution in [3.63, 3.8) is 0 Å². The molecule has 1 atom stereocenters. The number of hydrogen-bond acceptors (Lipinski definition) is 6. The summed E-state index contributed by atoms with van der Waals surface area (Å²) < 4.78 is 30.3. The third-order valence-electron chi connectivity index (χ3n) is 2.32. The van der Waals surface area contributed by atoms with Crippen LogP contribution in [-0.2, 0) is 24.3 Å². The van der Waals surface area contributed by atoms with Gasteiger partial charge in [0.05, 0.1) is 12.8 Å². The van der Waals surface area contributed by atoms with Gasteiger partial charge in [-0.05, 0) is 13.3 Å². The number of carboxylic acids is 1. The van der Waals surface area contributed by atoms with Crippen LogP contribution in [0.1, 0.15) is 19.8 Å². The van der Waals surface area contributed by atoms with Gasteiger partial charge in [0.25, 0.3) is 0 Å². The lowest BCUT2D eigenvalue weighted by molar-refractivity contribution is -0.144. The molecule has 0 spiro atoms. The first-order valence-corrected chi connectivity index (χ1v) is 7.24. The van der Waals surface area contributed by atoms with Crippen LogP contribution in [0.4, 0.5) is 0 Å². The minimum Gasteiger partial charge on any atom is -0.480 e. The highest BCUT2D eigenvalue weighted by molar-refractivity contribution is 7.89. The van der Waals surface area contributed by atoms with E-state index in [-0.39, 0.29) is 24.3 Å². The van der Waals surface area contributed by atoms with Crippen molar-refractivity contribution in [1.29, 1.82) is 0 Å². The Morgan fingerprint density at radius 3 is 2.75 bits per heavy atom. The van der Waals surface area contributed by atoms with Gasteiger partial charge >= 0.3 is 11.9 Å². The Labute approximate surface area is 115 Å². The second-order valence-electron chi connectivity index (χ2n) is 3.79.